The van der Waals surface area contributed by atoms with Crippen LogP contribution < -0.4 is 20.7 Å². The molecule has 0 N–H and O–H groups in total. The second kappa shape index (κ2) is 12.0. The number of hydrogen-bond donors (Lipinski definition) is 0. The van der Waals surface area contributed by atoms with Crippen molar-refractivity contribution in [1.82, 2.24) is 4.57 Å². The normalized spacial score (nSPS) is 11.3. The fourth-order valence-electron chi connectivity index (χ4n) is 7.29. The maximum Gasteiger partial charge on any atom is 0.179 e. The molecule has 0 aliphatic heterocycles. The van der Waals surface area contributed by atoms with Gasteiger partial charge in [-0.05, 0) is 68.8 Å². The monoisotopic (exact) mass is 627 g/mol. The fourth-order valence-corrected chi connectivity index (χ4v) is 12.0. The summed E-state index contributed by atoms with van der Waals surface area (Å²) < 4.78 is 2.23. The van der Waals surface area contributed by atoms with E-state index in [1.54, 1.807) is 0 Å². The molecule has 0 aliphatic carbocycles. The second-order valence-electron chi connectivity index (χ2n) is 12.0. The van der Waals surface area contributed by atoms with E-state index >= 15 is 0 Å². The van der Waals surface area contributed by atoms with E-state index in [-0.39, 0.29) is 0 Å². The first-order valence-electron chi connectivity index (χ1n) is 16.0. The van der Waals surface area contributed by atoms with Gasteiger partial charge in [-0.3, -0.25) is 0 Å². The quantitative estimate of drug-likeness (QED) is 0.141. The van der Waals surface area contributed by atoms with Crippen molar-refractivity contribution in [3.05, 3.63) is 187 Å². The largest absolute Gasteiger partial charge is 0.309 e. The number of nitriles is 2. The van der Waals surface area contributed by atoms with Crippen LogP contribution in [0.5, 0.6) is 0 Å². The lowest BCUT2D eigenvalue weighted by atomic mass is 9.99. The average Bonchev–Trinajstić information content (AvgIpc) is 3.50. The van der Waals surface area contributed by atoms with Gasteiger partial charge in [0.2, 0.25) is 0 Å². The molecule has 0 saturated heterocycles. The number of rotatable bonds is 6. The van der Waals surface area contributed by atoms with Gasteiger partial charge < -0.3 is 4.57 Å². The van der Waals surface area contributed by atoms with Crippen LogP contribution in [0, 0.1) is 22.7 Å². The molecule has 0 amide bonds. The van der Waals surface area contributed by atoms with Crippen molar-refractivity contribution in [3.63, 3.8) is 0 Å². The first-order chi connectivity index (χ1) is 23.7. The molecule has 0 fully saturated rings. The Morgan fingerprint density at radius 3 is 1.56 bits per heavy atom. The van der Waals surface area contributed by atoms with Crippen molar-refractivity contribution in [1.29, 1.82) is 10.5 Å². The van der Waals surface area contributed by atoms with Gasteiger partial charge in [0.1, 0.15) is 0 Å². The molecule has 0 radical (unpaired) electrons. The van der Waals surface area contributed by atoms with Crippen LogP contribution in [0.25, 0.3) is 38.6 Å². The summed E-state index contributed by atoms with van der Waals surface area (Å²) in [5, 5.41) is 27.2. The lowest BCUT2D eigenvalue weighted by Gasteiger charge is -2.34. The molecule has 0 spiro atoms. The molecule has 7 aromatic carbocycles. The molecule has 1 heterocycles. The zero-order valence-corrected chi connectivity index (χ0v) is 27.1. The van der Waals surface area contributed by atoms with Crippen molar-refractivity contribution in [2.75, 3.05) is 0 Å². The Morgan fingerprint density at radius 2 is 0.979 bits per heavy atom. The highest BCUT2D eigenvalue weighted by molar-refractivity contribution is 7.19. The maximum absolute atomic E-state index is 10.3. The third-order valence-corrected chi connectivity index (χ3v) is 14.2. The van der Waals surface area contributed by atoms with Gasteiger partial charge in [0.15, 0.2) is 8.07 Å². The smallest absolute Gasteiger partial charge is 0.179 e. The number of para-hydroxylation sites is 1. The molecule has 0 atom stereocenters. The molecule has 0 unspecified atom stereocenters. The Balaban J connectivity index is 1.32. The van der Waals surface area contributed by atoms with E-state index in [4.69, 9.17) is 0 Å². The first-order valence-corrected chi connectivity index (χ1v) is 18.0. The fraction of sp³-hybridized carbons (Fsp3) is 0. The lowest BCUT2D eigenvalue weighted by molar-refractivity contribution is 1.18. The van der Waals surface area contributed by atoms with Crippen molar-refractivity contribution in [2.45, 2.75) is 0 Å². The third kappa shape index (κ3) is 4.64. The summed E-state index contributed by atoms with van der Waals surface area (Å²) in [7, 11) is -2.66. The standard InChI is InChI=1S/C44H29N3Si/c45-30-32-20-27-44-42(28-32)40-18-10-11-19-43(40)47(44)35-24-21-34(31-46)41(29-35)33-22-25-39(26-23-33)48(36-12-4-1-5-13-36,37-14-6-2-7-15-37)38-16-8-3-9-17-38/h1-29H. The molecular weight excluding hydrogens is 599 g/mol. The minimum absolute atomic E-state index is 0.622. The van der Waals surface area contributed by atoms with Crippen LogP contribution in [0.2, 0.25) is 0 Å². The van der Waals surface area contributed by atoms with Gasteiger partial charge in [-0.15, -0.1) is 0 Å². The first kappa shape index (κ1) is 29.0. The van der Waals surface area contributed by atoms with E-state index in [1.165, 1.54) is 20.7 Å². The van der Waals surface area contributed by atoms with E-state index in [9.17, 15) is 10.5 Å². The number of hydrogen-bond acceptors (Lipinski definition) is 2. The van der Waals surface area contributed by atoms with Crippen molar-refractivity contribution < 1.29 is 0 Å². The minimum Gasteiger partial charge on any atom is -0.309 e. The molecule has 0 aliphatic rings. The average molecular weight is 628 g/mol. The maximum atomic E-state index is 10.3. The molecule has 8 rings (SSSR count). The van der Waals surface area contributed by atoms with Crippen LogP contribution in [-0.4, -0.2) is 12.6 Å². The Kier molecular flexibility index (Phi) is 7.27. The molecule has 8 aromatic rings. The van der Waals surface area contributed by atoms with E-state index < -0.39 is 8.07 Å². The number of nitrogens with zero attached hydrogens (tertiary/aromatic N) is 3. The van der Waals surface area contributed by atoms with Crippen molar-refractivity contribution in [3.8, 4) is 29.0 Å². The van der Waals surface area contributed by atoms with Crippen LogP contribution in [0.4, 0.5) is 0 Å². The van der Waals surface area contributed by atoms with Gasteiger partial charge in [0.25, 0.3) is 0 Å². The third-order valence-electron chi connectivity index (χ3n) is 9.43. The molecule has 0 bridgehead atoms. The van der Waals surface area contributed by atoms with E-state index in [0.29, 0.717) is 11.1 Å². The zero-order valence-electron chi connectivity index (χ0n) is 26.1. The summed E-state index contributed by atoms with van der Waals surface area (Å²) in [6.45, 7) is 0. The SMILES string of the molecule is N#Cc1ccc2c(c1)c1ccccc1n2-c1ccc(C#N)c(-c2ccc([Si](c3ccccc3)(c3ccccc3)c3ccccc3)cc2)c1. The van der Waals surface area contributed by atoms with E-state index in [1.807, 2.05) is 42.5 Å². The molecule has 0 saturated carbocycles. The lowest BCUT2D eigenvalue weighted by Crippen LogP contribution is -2.74. The Hall–Kier alpha value is -6.46. The highest BCUT2D eigenvalue weighted by Crippen LogP contribution is 2.34. The second-order valence-corrected chi connectivity index (χ2v) is 15.8. The number of benzene rings is 7. The van der Waals surface area contributed by atoms with E-state index in [0.717, 1.165) is 38.6 Å². The van der Waals surface area contributed by atoms with Gasteiger partial charge in [0.05, 0.1) is 34.3 Å². The van der Waals surface area contributed by atoms with Crippen LogP contribution >= 0.6 is 0 Å². The summed E-state index contributed by atoms with van der Waals surface area (Å²) in [6, 6.07) is 66.4. The van der Waals surface area contributed by atoms with Gasteiger partial charge in [-0.2, -0.15) is 10.5 Å². The van der Waals surface area contributed by atoms with Crippen LogP contribution in [-0.2, 0) is 0 Å². The number of fused-ring (bicyclic) bond motifs is 3. The van der Waals surface area contributed by atoms with Crippen molar-refractivity contribution in [2.24, 2.45) is 0 Å². The van der Waals surface area contributed by atoms with Gasteiger partial charge >= 0.3 is 0 Å². The molecule has 224 valence electrons. The van der Waals surface area contributed by atoms with Crippen molar-refractivity contribution >= 4 is 50.6 Å². The zero-order chi connectivity index (χ0) is 32.5. The van der Waals surface area contributed by atoms with Crippen LogP contribution in [0.15, 0.2) is 176 Å². The Morgan fingerprint density at radius 1 is 0.438 bits per heavy atom. The molecular formula is C44H29N3Si. The van der Waals surface area contributed by atoms with Gasteiger partial charge in [-0.25, -0.2) is 0 Å². The molecule has 3 nitrogen and oxygen atoms in total. The topological polar surface area (TPSA) is 52.5 Å². The number of aromatic nitrogens is 1. The van der Waals surface area contributed by atoms with Gasteiger partial charge in [0, 0.05) is 22.0 Å². The predicted molar refractivity (Wildman–Crippen MR) is 199 cm³/mol. The molecule has 1 aromatic heterocycles. The van der Waals surface area contributed by atoms with E-state index in [2.05, 4.69) is 150 Å². The molecule has 4 heteroatoms. The highest BCUT2D eigenvalue weighted by Gasteiger charge is 2.41. The van der Waals surface area contributed by atoms with Gasteiger partial charge in [-0.1, -0.05) is 133 Å². The van der Waals surface area contributed by atoms with Crippen LogP contribution in [0.3, 0.4) is 0 Å². The summed E-state index contributed by atoms with van der Waals surface area (Å²) >= 11 is 0. The highest BCUT2D eigenvalue weighted by atomic mass is 28.3. The summed E-state index contributed by atoms with van der Waals surface area (Å²) in [6.07, 6.45) is 0. The Labute approximate surface area is 280 Å². The minimum atomic E-state index is -2.66. The summed E-state index contributed by atoms with van der Waals surface area (Å²) in [5.74, 6) is 0. The summed E-state index contributed by atoms with van der Waals surface area (Å²) in [4.78, 5) is 0. The van der Waals surface area contributed by atoms with Crippen LogP contribution in [0.1, 0.15) is 11.1 Å². The Bertz CT molecular complexity index is 2410. The summed E-state index contributed by atoms with van der Waals surface area (Å²) in [5.41, 5.74) is 6.16. The molecule has 48 heavy (non-hydrogen) atoms. The predicted octanol–water partition coefficient (Wildman–Crippen LogP) is 7.57.